The van der Waals surface area contributed by atoms with Gasteiger partial charge in [-0.2, -0.15) is 0 Å². The lowest BCUT2D eigenvalue weighted by molar-refractivity contribution is 0.336. The van der Waals surface area contributed by atoms with E-state index in [0.29, 0.717) is 6.04 Å². The predicted molar refractivity (Wildman–Crippen MR) is 88.3 cm³/mol. The van der Waals surface area contributed by atoms with Crippen molar-refractivity contribution in [3.05, 3.63) is 48.0 Å². The first-order chi connectivity index (χ1) is 9.70. The summed E-state index contributed by atoms with van der Waals surface area (Å²) in [5, 5.41) is 6.40. The summed E-state index contributed by atoms with van der Waals surface area (Å²) in [4.78, 5) is 2.26. The molecule has 0 aliphatic heterocycles. The molecule has 0 aliphatic rings. The minimum absolute atomic E-state index is 0.510. The van der Waals surface area contributed by atoms with Crippen molar-refractivity contribution >= 4 is 10.8 Å². The van der Waals surface area contributed by atoms with Gasteiger partial charge in [0.1, 0.15) is 0 Å². The highest BCUT2D eigenvalue weighted by Gasteiger charge is 2.11. The summed E-state index contributed by atoms with van der Waals surface area (Å²) in [6, 6.07) is 15.8. The van der Waals surface area contributed by atoms with E-state index in [1.165, 1.54) is 22.8 Å². The first-order valence-corrected chi connectivity index (χ1v) is 7.55. The van der Waals surface area contributed by atoms with Gasteiger partial charge in [0, 0.05) is 12.6 Å². The van der Waals surface area contributed by atoms with E-state index in [2.05, 4.69) is 73.7 Å². The smallest absolute Gasteiger partial charge is 0.0235 e. The van der Waals surface area contributed by atoms with Gasteiger partial charge in [-0.3, -0.25) is 0 Å². The molecular weight excluding hydrogens is 244 g/mol. The molecule has 2 nitrogen and oxygen atoms in total. The average Bonchev–Trinajstić information content (AvgIpc) is 2.44. The van der Waals surface area contributed by atoms with Crippen molar-refractivity contribution in [2.45, 2.75) is 25.8 Å². The van der Waals surface area contributed by atoms with Crippen molar-refractivity contribution < 1.29 is 0 Å². The summed E-state index contributed by atoms with van der Waals surface area (Å²) >= 11 is 0. The van der Waals surface area contributed by atoms with E-state index in [-0.39, 0.29) is 0 Å². The number of hydrogen-bond acceptors (Lipinski definition) is 2. The maximum Gasteiger partial charge on any atom is 0.0235 e. The van der Waals surface area contributed by atoms with Crippen LogP contribution in [-0.4, -0.2) is 38.1 Å². The molecule has 2 aromatic carbocycles. The highest BCUT2D eigenvalue weighted by Crippen LogP contribution is 2.19. The zero-order valence-electron chi connectivity index (χ0n) is 12.9. The molecule has 0 spiro atoms. The summed E-state index contributed by atoms with van der Waals surface area (Å²) in [5.41, 5.74) is 1.44. The van der Waals surface area contributed by atoms with Gasteiger partial charge in [-0.25, -0.2) is 0 Å². The Morgan fingerprint density at radius 1 is 1.05 bits per heavy atom. The molecule has 0 aliphatic carbocycles. The van der Waals surface area contributed by atoms with Crippen LogP contribution in [0.2, 0.25) is 0 Å². The molecule has 0 heterocycles. The van der Waals surface area contributed by atoms with E-state index in [1.807, 2.05) is 0 Å². The molecule has 1 unspecified atom stereocenters. The quantitative estimate of drug-likeness (QED) is 0.830. The third-order valence-corrected chi connectivity index (χ3v) is 3.61. The van der Waals surface area contributed by atoms with Crippen molar-refractivity contribution in [2.75, 3.05) is 27.2 Å². The Morgan fingerprint density at radius 3 is 2.55 bits per heavy atom. The first kappa shape index (κ1) is 15.0. The molecule has 0 fully saturated rings. The van der Waals surface area contributed by atoms with Crippen LogP contribution >= 0.6 is 0 Å². The summed E-state index contributed by atoms with van der Waals surface area (Å²) in [7, 11) is 4.29. The zero-order chi connectivity index (χ0) is 14.4. The van der Waals surface area contributed by atoms with Crippen molar-refractivity contribution in [2.24, 2.45) is 0 Å². The SMILES string of the molecule is CCCNC(Cc1cccc2ccccc12)CN(C)C. The fourth-order valence-corrected chi connectivity index (χ4v) is 2.73. The molecule has 0 bridgehead atoms. The van der Waals surface area contributed by atoms with Gasteiger partial charge in [0.25, 0.3) is 0 Å². The lowest BCUT2D eigenvalue weighted by Gasteiger charge is -2.23. The fourth-order valence-electron chi connectivity index (χ4n) is 2.73. The molecule has 20 heavy (non-hydrogen) atoms. The Hall–Kier alpha value is -1.38. The first-order valence-electron chi connectivity index (χ1n) is 7.55. The van der Waals surface area contributed by atoms with Crippen molar-refractivity contribution in [3.63, 3.8) is 0 Å². The Balaban J connectivity index is 2.18. The summed E-state index contributed by atoms with van der Waals surface area (Å²) in [5.74, 6) is 0. The van der Waals surface area contributed by atoms with E-state index < -0.39 is 0 Å². The van der Waals surface area contributed by atoms with Crippen LogP contribution in [0.25, 0.3) is 10.8 Å². The van der Waals surface area contributed by atoms with Crippen molar-refractivity contribution in [1.82, 2.24) is 10.2 Å². The highest BCUT2D eigenvalue weighted by atomic mass is 15.1. The van der Waals surface area contributed by atoms with Crippen LogP contribution in [0.5, 0.6) is 0 Å². The number of benzene rings is 2. The molecule has 1 N–H and O–H groups in total. The van der Waals surface area contributed by atoms with Crippen LogP contribution in [0.15, 0.2) is 42.5 Å². The van der Waals surface area contributed by atoms with Gasteiger partial charge in [0.15, 0.2) is 0 Å². The van der Waals surface area contributed by atoms with Crippen LogP contribution in [0, 0.1) is 0 Å². The largest absolute Gasteiger partial charge is 0.312 e. The number of fused-ring (bicyclic) bond motifs is 1. The second-order valence-corrected chi connectivity index (χ2v) is 5.76. The van der Waals surface area contributed by atoms with Crippen LogP contribution in [0.1, 0.15) is 18.9 Å². The molecule has 2 heteroatoms. The van der Waals surface area contributed by atoms with Gasteiger partial charge in [-0.05, 0) is 49.8 Å². The minimum atomic E-state index is 0.510. The lowest BCUT2D eigenvalue weighted by Crippen LogP contribution is -2.40. The van der Waals surface area contributed by atoms with Gasteiger partial charge < -0.3 is 10.2 Å². The molecule has 2 aromatic rings. The van der Waals surface area contributed by atoms with Gasteiger partial charge in [-0.15, -0.1) is 0 Å². The molecule has 1 atom stereocenters. The number of likely N-dealkylation sites (N-methyl/N-ethyl adjacent to an activating group) is 1. The van der Waals surface area contributed by atoms with Crippen molar-refractivity contribution in [1.29, 1.82) is 0 Å². The lowest BCUT2D eigenvalue weighted by atomic mass is 9.98. The Labute approximate surface area is 122 Å². The van der Waals surface area contributed by atoms with E-state index >= 15 is 0 Å². The zero-order valence-corrected chi connectivity index (χ0v) is 12.9. The van der Waals surface area contributed by atoms with Crippen LogP contribution in [0.4, 0.5) is 0 Å². The summed E-state index contributed by atoms with van der Waals surface area (Å²) in [6.45, 7) is 4.38. The average molecular weight is 270 g/mol. The summed E-state index contributed by atoms with van der Waals surface area (Å²) in [6.07, 6.45) is 2.26. The van der Waals surface area contributed by atoms with E-state index in [9.17, 15) is 0 Å². The molecule has 0 amide bonds. The molecule has 0 saturated carbocycles. The van der Waals surface area contributed by atoms with Gasteiger partial charge >= 0.3 is 0 Å². The van der Waals surface area contributed by atoms with E-state index in [1.54, 1.807) is 0 Å². The molecule has 0 saturated heterocycles. The van der Waals surface area contributed by atoms with Crippen LogP contribution in [-0.2, 0) is 6.42 Å². The van der Waals surface area contributed by atoms with E-state index in [0.717, 1.165) is 19.5 Å². The number of nitrogens with zero attached hydrogens (tertiary/aromatic N) is 1. The fraction of sp³-hybridized carbons (Fsp3) is 0.444. The third kappa shape index (κ3) is 4.06. The second-order valence-electron chi connectivity index (χ2n) is 5.76. The molecule has 2 rings (SSSR count). The normalized spacial score (nSPS) is 13.0. The van der Waals surface area contributed by atoms with Gasteiger partial charge in [0.2, 0.25) is 0 Å². The van der Waals surface area contributed by atoms with Crippen molar-refractivity contribution in [3.8, 4) is 0 Å². The molecular formula is C18H26N2. The predicted octanol–water partition coefficient (Wildman–Crippen LogP) is 3.31. The summed E-state index contributed by atoms with van der Waals surface area (Å²) < 4.78 is 0. The molecule has 108 valence electrons. The third-order valence-electron chi connectivity index (χ3n) is 3.61. The van der Waals surface area contributed by atoms with Gasteiger partial charge in [-0.1, -0.05) is 49.4 Å². The maximum atomic E-state index is 3.67. The van der Waals surface area contributed by atoms with Crippen LogP contribution < -0.4 is 5.32 Å². The Bertz CT molecular complexity index is 528. The monoisotopic (exact) mass is 270 g/mol. The number of nitrogens with one attached hydrogen (secondary N) is 1. The van der Waals surface area contributed by atoms with Crippen LogP contribution in [0.3, 0.4) is 0 Å². The second kappa shape index (κ2) is 7.41. The highest BCUT2D eigenvalue weighted by molar-refractivity contribution is 5.85. The maximum absolute atomic E-state index is 3.67. The topological polar surface area (TPSA) is 15.3 Å². The standard InChI is InChI=1S/C18H26N2/c1-4-12-19-17(14-20(2)3)13-16-10-7-9-15-8-5-6-11-18(15)16/h5-11,17,19H,4,12-14H2,1-3H3. The molecule has 0 aromatic heterocycles. The Morgan fingerprint density at radius 2 is 1.80 bits per heavy atom. The molecule has 0 radical (unpaired) electrons. The minimum Gasteiger partial charge on any atom is -0.312 e. The number of hydrogen-bond donors (Lipinski definition) is 1. The van der Waals surface area contributed by atoms with E-state index in [4.69, 9.17) is 0 Å². The Kier molecular flexibility index (Phi) is 5.57. The number of rotatable bonds is 7. The van der Waals surface area contributed by atoms with Gasteiger partial charge in [0.05, 0.1) is 0 Å².